The van der Waals surface area contributed by atoms with Crippen LogP contribution in [0.4, 0.5) is 5.00 Å². The Kier molecular flexibility index (Phi) is 7.64. The number of piperidine rings is 1. The Morgan fingerprint density at radius 2 is 1.97 bits per heavy atom. The molecule has 2 N–H and O–H groups in total. The van der Waals surface area contributed by atoms with E-state index in [-0.39, 0.29) is 5.97 Å². The van der Waals surface area contributed by atoms with Crippen LogP contribution in [0, 0.1) is 0 Å². The Bertz CT molecular complexity index is 828. The molecule has 29 heavy (non-hydrogen) atoms. The number of rotatable bonds is 6. The Morgan fingerprint density at radius 3 is 2.59 bits per heavy atom. The van der Waals surface area contributed by atoms with E-state index in [1.807, 2.05) is 43.3 Å². The summed E-state index contributed by atoms with van der Waals surface area (Å²) >= 11 is 7.07. The van der Waals surface area contributed by atoms with Gasteiger partial charge in [-0.15, -0.1) is 11.3 Å². The van der Waals surface area contributed by atoms with Crippen molar-refractivity contribution in [2.24, 2.45) is 0 Å². The van der Waals surface area contributed by atoms with Crippen molar-refractivity contribution >= 4 is 39.6 Å². The molecule has 1 aliphatic rings. The van der Waals surface area contributed by atoms with Gasteiger partial charge in [-0.1, -0.05) is 30.3 Å². The van der Waals surface area contributed by atoms with Gasteiger partial charge in [0.2, 0.25) is 0 Å². The Morgan fingerprint density at radius 1 is 1.28 bits per heavy atom. The molecule has 156 valence electrons. The van der Waals surface area contributed by atoms with Crippen LogP contribution < -0.4 is 10.6 Å². The van der Waals surface area contributed by atoms with Crippen LogP contribution in [0.5, 0.6) is 0 Å². The van der Waals surface area contributed by atoms with Gasteiger partial charge in [0.15, 0.2) is 5.11 Å². The number of hydrogen-bond donors (Lipinski definition) is 2. The summed E-state index contributed by atoms with van der Waals surface area (Å²) in [5.41, 5.74) is 1.59. The molecule has 1 aromatic heterocycles. The number of nitrogens with zero attached hydrogens (tertiary/aromatic N) is 1. The number of thiocarbonyl (C=S) groups is 1. The molecule has 0 spiro atoms. The number of esters is 1. The number of carbonyl (C=O) groups is 1. The molecule has 1 aliphatic heterocycles. The van der Waals surface area contributed by atoms with Crippen LogP contribution in [0.25, 0.3) is 10.4 Å². The lowest BCUT2D eigenvalue weighted by molar-refractivity contribution is 0.0528. The van der Waals surface area contributed by atoms with Gasteiger partial charge in [-0.05, 0) is 57.5 Å². The standard InChI is InChI=1S/C22H29N3O2S2/c1-4-27-21(26)18-14-19(16-8-6-5-7-9-16)29-20(18)24-22(28)23-17-10-12-25(13-11-17)15(2)3/h5-9,14-15,17H,4,10-13H2,1-3H3,(H2,23,24,28). The number of carbonyl (C=O) groups excluding carboxylic acids is 1. The molecule has 3 rings (SSSR count). The highest BCUT2D eigenvalue weighted by atomic mass is 32.1. The first-order valence-corrected chi connectivity index (χ1v) is 11.4. The van der Waals surface area contributed by atoms with E-state index < -0.39 is 0 Å². The molecule has 0 saturated carbocycles. The molecule has 0 atom stereocenters. The van der Waals surface area contributed by atoms with Gasteiger partial charge in [0.1, 0.15) is 5.00 Å². The lowest BCUT2D eigenvalue weighted by Crippen LogP contribution is -2.47. The number of thiophene rings is 1. The lowest BCUT2D eigenvalue weighted by atomic mass is 10.0. The molecule has 2 heterocycles. The van der Waals surface area contributed by atoms with Crippen LogP contribution in [0.2, 0.25) is 0 Å². The van der Waals surface area contributed by atoms with Crippen LogP contribution in [0.1, 0.15) is 44.0 Å². The normalized spacial score (nSPS) is 15.3. The predicted octanol–water partition coefficient (Wildman–Crippen LogP) is 4.75. The largest absolute Gasteiger partial charge is 0.462 e. The molecule has 0 radical (unpaired) electrons. The van der Waals surface area contributed by atoms with Gasteiger partial charge in [-0.25, -0.2) is 4.79 Å². The number of benzene rings is 1. The van der Waals surface area contributed by atoms with Crippen LogP contribution in [-0.4, -0.2) is 47.8 Å². The summed E-state index contributed by atoms with van der Waals surface area (Å²) in [4.78, 5) is 15.9. The highest BCUT2D eigenvalue weighted by Gasteiger charge is 2.23. The fourth-order valence-electron chi connectivity index (χ4n) is 3.47. The van der Waals surface area contributed by atoms with Gasteiger partial charge in [-0.3, -0.25) is 0 Å². The van der Waals surface area contributed by atoms with E-state index in [1.54, 1.807) is 0 Å². The smallest absolute Gasteiger partial charge is 0.341 e. The predicted molar refractivity (Wildman–Crippen MR) is 125 cm³/mol. The minimum Gasteiger partial charge on any atom is -0.462 e. The van der Waals surface area contributed by atoms with Crippen molar-refractivity contribution in [3.63, 3.8) is 0 Å². The maximum absolute atomic E-state index is 12.5. The molecule has 0 amide bonds. The van der Waals surface area contributed by atoms with E-state index in [0.717, 1.165) is 41.4 Å². The maximum Gasteiger partial charge on any atom is 0.341 e. The van der Waals surface area contributed by atoms with E-state index >= 15 is 0 Å². The van der Waals surface area contributed by atoms with Crippen molar-refractivity contribution in [1.82, 2.24) is 10.2 Å². The van der Waals surface area contributed by atoms with Crippen molar-refractivity contribution in [2.75, 3.05) is 25.0 Å². The topological polar surface area (TPSA) is 53.6 Å². The van der Waals surface area contributed by atoms with Gasteiger partial charge in [0, 0.05) is 30.1 Å². The van der Waals surface area contributed by atoms with Gasteiger partial charge in [0.25, 0.3) is 0 Å². The lowest BCUT2D eigenvalue weighted by Gasteiger charge is -2.35. The molecule has 1 saturated heterocycles. The molecule has 0 bridgehead atoms. The van der Waals surface area contributed by atoms with Gasteiger partial charge >= 0.3 is 5.97 Å². The summed E-state index contributed by atoms with van der Waals surface area (Å²) in [6, 6.07) is 12.8. The molecule has 0 unspecified atom stereocenters. The highest BCUT2D eigenvalue weighted by Crippen LogP contribution is 2.36. The quantitative estimate of drug-likeness (QED) is 0.508. The van der Waals surface area contributed by atoms with Crippen LogP contribution in [0.3, 0.4) is 0 Å². The number of likely N-dealkylation sites (tertiary alicyclic amines) is 1. The summed E-state index contributed by atoms with van der Waals surface area (Å²) in [7, 11) is 0. The fourth-order valence-corrected chi connectivity index (χ4v) is 4.86. The van der Waals surface area contributed by atoms with Gasteiger partial charge in [0.05, 0.1) is 12.2 Å². The minimum atomic E-state index is -0.332. The van der Waals surface area contributed by atoms with Crippen molar-refractivity contribution in [3.05, 3.63) is 42.0 Å². The van der Waals surface area contributed by atoms with Crippen LogP contribution >= 0.6 is 23.6 Å². The summed E-state index contributed by atoms with van der Waals surface area (Å²) in [6.07, 6.45) is 2.12. The third-order valence-electron chi connectivity index (χ3n) is 5.11. The SMILES string of the molecule is CCOC(=O)c1cc(-c2ccccc2)sc1NC(=S)NC1CCN(C(C)C)CC1. The molecule has 1 fully saturated rings. The zero-order chi connectivity index (χ0) is 20.8. The molecule has 5 nitrogen and oxygen atoms in total. The molecular formula is C22H29N3O2S2. The van der Waals surface area contributed by atoms with Crippen molar-refractivity contribution in [1.29, 1.82) is 0 Å². The van der Waals surface area contributed by atoms with E-state index in [1.165, 1.54) is 11.3 Å². The fraction of sp³-hybridized carbons (Fsp3) is 0.455. The number of hydrogen-bond acceptors (Lipinski definition) is 5. The number of nitrogens with one attached hydrogen (secondary N) is 2. The third-order valence-corrected chi connectivity index (χ3v) is 6.43. The summed E-state index contributed by atoms with van der Waals surface area (Å²) < 4.78 is 5.24. The average molecular weight is 432 g/mol. The van der Waals surface area contributed by atoms with Gasteiger partial charge < -0.3 is 20.3 Å². The average Bonchev–Trinajstić information content (AvgIpc) is 3.13. The van der Waals surface area contributed by atoms with E-state index in [4.69, 9.17) is 17.0 Å². The molecule has 1 aromatic carbocycles. The molecule has 2 aromatic rings. The minimum absolute atomic E-state index is 0.332. The molecular weight excluding hydrogens is 402 g/mol. The summed E-state index contributed by atoms with van der Waals surface area (Å²) in [6.45, 7) is 8.76. The second-order valence-corrected chi connectivity index (χ2v) is 8.90. The Balaban J connectivity index is 1.69. The maximum atomic E-state index is 12.5. The molecule has 0 aliphatic carbocycles. The zero-order valence-electron chi connectivity index (χ0n) is 17.2. The second kappa shape index (κ2) is 10.2. The van der Waals surface area contributed by atoms with Crippen LogP contribution in [-0.2, 0) is 4.74 Å². The second-order valence-electron chi connectivity index (χ2n) is 7.44. The Hall–Kier alpha value is -1.96. The first kappa shape index (κ1) is 21.7. The highest BCUT2D eigenvalue weighted by molar-refractivity contribution is 7.80. The number of anilines is 1. The monoisotopic (exact) mass is 431 g/mol. The first-order chi connectivity index (χ1) is 14.0. The van der Waals surface area contributed by atoms with Gasteiger partial charge in [-0.2, -0.15) is 0 Å². The van der Waals surface area contributed by atoms with Crippen molar-refractivity contribution in [2.45, 2.75) is 45.7 Å². The summed E-state index contributed by atoms with van der Waals surface area (Å²) in [5, 5.41) is 7.95. The molecule has 7 heteroatoms. The van der Waals surface area contributed by atoms with E-state index in [9.17, 15) is 4.79 Å². The zero-order valence-corrected chi connectivity index (χ0v) is 18.9. The number of ether oxygens (including phenoxy) is 1. The van der Waals surface area contributed by atoms with Crippen molar-refractivity contribution in [3.8, 4) is 10.4 Å². The summed E-state index contributed by atoms with van der Waals surface area (Å²) in [5.74, 6) is -0.332. The first-order valence-electron chi connectivity index (χ1n) is 10.2. The van der Waals surface area contributed by atoms with E-state index in [0.29, 0.717) is 29.4 Å². The Labute approximate surface area is 182 Å². The van der Waals surface area contributed by atoms with Crippen molar-refractivity contribution < 1.29 is 9.53 Å². The van der Waals surface area contributed by atoms with Crippen LogP contribution in [0.15, 0.2) is 36.4 Å². The third kappa shape index (κ3) is 5.78. The van der Waals surface area contributed by atoms with E-state index in [2.05, 4.69) is 29.4 Å².